The summed E-state index contributed by atoms with van der Waals surface area (Å²) < 4.78 is 20.3. The van der Waals surface area contributed by atoms with Crippen molar-refractivity contribution in [3.05, 3.63) is 57.7 Å². The van der Waals surface area contributed by atoms with Gasteiger partial charge in [-0.1, -0.05) is 16.9 Å². The van der Waals surface area contributed by atoms with Crippen molar-refractivity contribution in [3.8, 4) is 11.5 Å². The number of benzene rings is 1. The monoisotopic (exact) mass is 374 g/mol. The molecule has 0 unspecified atom stereocenters. The van der Waals surface area contributed by atoms with E-state index in [2.05, 4.69) is 15.1 Å². The Morgan fingerprint density at radius 3 is 2.84 bits per heavy atom. The summed E-state index contributed by atoms with van der Waals surface area (Å²) in [6, 6.07) is 7.66. The van der Waals surface area contributed by atoms with Crippen LogP contribution in [0.5, 0.6) is 0 Å². The first-order valence-electron chi connectivity index (χ1n) is 7.27. The Kier molecular flexibility index (Phi) is 4.10. The minimum absolute atomic E-state index is 0.0670. The lowest BCUT2D eigenvalue weighted by Gasteiger charge is -2.05. The molecule has 0 N–H and O–H groups in total. The van der Waals surface area contributed by atoms with E-state index >= 15 is 0 Å². The number of halogens is 1. The largest absolute Gasteiger partial charge is 0.334 e. The number of rotatable bonds is 4. The normalized spacial score (nSPS) is 11.3. The van der Waals surface area contributed by atoms with Crippen LogP contribution in [-0.2, 0) is 12.8 Å². The standard InChI is InChI=1S/C16H11FN4O2S2/c1-21-15(22)13-11(6-7-24-13)18-16(21)25-8-12-19-14(23-20-12)9-2-4-10(17)5-3-9/h2-7H,8H2,1H3. The molecular formula is C16H11FN4O2S2. The third-order valence-electron chi connectivity index (χ3n) is 3.54. The number of hydrogen-bond acceptors (Lipinski definition) is 7. The molecule has 0 aliphatic rings. The Bertz CT molecular complexity index is 1100. The molecule has 0 amide bonds. The predicted octanol–water partition coefficient (Wildman–Crippen LogP) is 3.48. The quantitative estimate of drug-likeness (QED) is 0.402. The minimum Gasteiger partial charge on any atom is -0.334 e. The molecule has 0 radical (unpaired) electrons. The lowest BCUT2D eigenvalue weighted by Crippen LogP contribution is -2.18. The molecule has 3 heterocycles. The Labute approximate surface area is 149 Å². The highest BCUT2D eigenvalue weighted by molar-refractivity contribution is 7.98. The van der Waals surface area contributed by atoms with Gasteiger partial charge in [-0.15, -0.1) is 11.3 Å². The third kappa shape index (κ3) is 3.08. The second-order valence-corrected chi connectivity index (χ2v) is 7.06. The van der Waals surface area contributed by atoms with Gasteiger partial charge in [0.25, 0.3) is 11.4 Å². The van der Waals surface area contributed by atoms with Crippen LogP contribution in [0.25, 0.3) is 21.7 Å². The average molecular weight is 374 g/mol. The number of thioether (sulfide) groups is 1. The van der Waals surface area contributed by atoms with Gasteiger partial charge < -0.3 is 4.52 Å². The van der Waals surface area contributed by atoms with Crippen LogP contribution < -0.4 is 5.56 Å². The van der Waals surface area contributed by atoms with Crippen molar-refractivity contribution in [2.75, 3.05) is 0 Å². The molecule has 0 bridgehead atoms. The van der Waals surface area contributed by atoms with E-state index in [1.165, 1.54) is 39.8 Å². The number of nitrogens with zero attached hydrogens (tertiary/aromatic N) is 4. The average Bonchev–Trinajstić information content (AvgIpc) is 3.27. The van der Waals surface area contributed by atoms with Gasteiger partial charge in [0.15, 0.2) is 11.0 Å². The molecule has 6 nitrogen and oxygen atoms in total. The van der Waals surface area contributed by atoms with E-state index in [9.17, 15) is 9.18 Å². The van der Waals surface area contributed by atoms with Gasteiger partial charge in [-0.2, -0.15) is 4.98 Å². The molecular weight excluding hydrogens is 363 g/mol. The topological polar surface area (TPSA) is 73.8 Å². The van der Waals surface area contributed by atoms with Gasteiger partial charge in [0.05, 0.1) is 11.3 Å². The highest BCUT2D eigenvalue weighted by Gasteiger charge is 2.13. The molecule has 1 aromatic carbocycles. The Morgan fingerprint density at radius 2 is 2.04 bits per heavy atom. The fourth-order valence-corrected chi connectivity index (χ4v) is 3.87. The molecule has 4 rings (SSSR count). The lowest BCUT2D eigenvalue weighted by molar-refractivity contribution is 0.425. The summed E-state index contributed by atoms with van der Waals surface area (Å²) in [6.07, 6.45) is 0. The van der Waals surface area contributed by atoms with Gasteiger partial charge in [-0.25, -0.2) is 9.37 Å². The van der Waals surface area contributed by atoms with E-state index in [4.69, 9.17) is 4.52 Å². The molecule has 0 saturated heterocycles. The fourth-order valence-electron chi connectivity index (χ4n) is 2.25. The zero-order chi connectivity index (χ0) is 17.4. The van der Waals surface area contributed by atoms with Gasteiger partial charge in [0.2, 0.25) is 0 Å². The first-order chi connectivity index (χ1) is 12.1. The summed E-state index contributed by atoms with van der Waals surface area (Å²) >= 11 is 2.74. The summed E-state index contributed by atoms with van der Waals surface area (Å²) in [4.78, 5) is 21.1. The van der Waals surface area contributed by atoms with Crippen molar-refractivity contribution in [3.63, 3.8) is 0 Å². The fraction of sp³-hybridized carbons (Fsp3) is 0.125. The highest BCUT2D eigenvalue weighted by atomic mass is 32.2. The third-order valence-corrected chi connectivity index (χ3v) is 5.45. The molecule has 0 aliphatic heterocycles. The van der Waals surface area contributed by atoms with Gasteiger partial charge in [-0.05, 0) is 35.7 Å². The van der Waals surface area contributed by atoms with Gasteiger partial charge in [-0.3, -0.25) is 9.36 Å². The van der Waals surface area contributed by atoms with Crippen LogP contribution in [0.2, 0.25) is 0 Å². The second kappa shape index (κ2) is 6.41. The van der Waals surface area contributed by atoms with Crippen molar-refractivity contribution in [1.82, 2.24) is 19.7 Å². The molecule has 0 spiro atoms. The first kappa shape index (κ1) is 16.0. The molecule has 4 aromatic rings. The Morgan fingerprint density at radius 1 is 1.24 bits per heavy atom. The van der Waals surface area contributed by atoms with E-state index in [0.29, 0.717) is 38.4 Å². The summed E-state index contributed by atoms with van der Waals surface area (Å²) in [5, 5.41) is 6.36. The van der Waals surface area contributed by atoms with Crippen LogP contribution in [0.1, 0.15) is 5.82 Å². The zero-order valence-corrected chi connectivity index (χ0v) is 14.6. The first-order valence-corrected chi connectivity index (χ1v) is 9.14. The van der Waals surface area contributed by atoms with Crippen molar-refractivity contribution in [2.45, 2.75) is 10.9 Å². The maximum absolute atomic E-state index is 13.0. The van der Waals surface area contributed by atoms with Crippen LogP contribution in [0.3, 0.4) is 0 Å². The number of aromatic nitrogens is 4. The highest BCUT2D eigenvalue weighted by Crippen LogP contribution is 2.24. The van der Waals surface area contributed by atoms with Crippen LogP contribution in [-0.4, -0.2) is 19.7 Å². The van der Waals surface area contributed by atoms with E-state index in [1.807, 2.05) is 11.4 Å². The molecule has 0 fully saturated rings. The predicted molar refractivity (Wildman–Crippen MR) is 94.1 cm³/mol. The van der Waals surface area contributed by atoms with E-state index < -0.39 is 0 Å². The molecule has 9 heteroatoms. The van der Waals surface area contributed by atoms with E-state index in [-0.39, 0.29) is 11.4 Å². The van der Waals surface area contributed by atoms with Gasteiger partial charge >= 0.3 is 0 Å². The van der Waals surface area contributed by atoms with Crippen LogP contribution >= 0.6 is 23.1 Å². The summed E-state index contributed by atoms with van der Waals surface area (Å²) in [5.41, 5.74) is 1.27. The lowest BCUT2D eigenvalue weighted by atomic mass is 10.2. The summed E-state index contributed by atoms with van der Waals surface area (Å²) in [7, 11) is 1.69. The maximum atomic E-state index is 13.0. The van der Waals surface area contributed by atoms with Crippen molar-refractivity contribution >= 4 is 33.3 Å². The van der Waals surface area contributed by atoms with Crippen LogP contribution in [0.4, 0.5) is 4.39 Å². The maximum Gasteiger partial charge on any atom is 0.271 e. The van der Waals surface area contributed by atoms with Crippen LogP contribution in [0.15, 0.2) is 50.2 Å². The second-order valence-electron chi connectivity index (χ2n) is 5.20. The Balaban J connectivity index is 1.55. The van der Waals surface area contributed by atoms with Gasteiger partial charge in [0, 0.05) is 12.6 Å². The number of fused-ring (bicyclic) bond motifs is 1. The Hall–Kier alpha value is -2.52. The van der Waals surface area contributed by atoms with Gasteiger partial charge in [0.1, 0.15) is 10.5 Å². The summed E-state index contributed by atoms with van der Waals surface area (Å²) in [6.45, 7) is 0. The zero-order valence-electron chi connectivity index (χ0n) is 13.0. The number of thiophene rings is 1. The van der Waals surface area contributed by atoms with E-state index in [1.54, 1.807) is 19.2 Å². The van der Waals surface area contributed by atoms with Crippen molar-refractivity contribution in [2.24, 2.45) is 7.05 Å². The number of hydrogen-bond donors (Lipinski definition) is 0. The summed E-state index contributed by atoms with van der Waals surface area (Å²) in [5.74, 6) is 0.880. The minimum atomic E-state index is -0.324. The van der Waals surface area contributed by atoms with Crippen molar-refractivity contribution < 1.29 is 8.91 Å². The SMILES string of the molecule is Cn1c(SCc2noc(-c3ccc(F)cc3)n2)nc2ccsc2c1=O. The van der Waals surface area contributed by atoms with Crippen molar-refractivity contribution in [1.29, 1.82) is 0 Å². The molecule has 25 heavy (non-hydrogen) atoms. The molecule has 126 valence electrons. The smallest absolute Gasteiger partial charge is 0.271 e. The van der Waals surface area contributed by atoms with E-state index in [0.717, 1.165) is 0 Å². The molecule has 3 aromatic heterocycles. The molecule has 0 aliphatic carbocycles. The van der Waals surface area contributed by atoms with Crippen LogP contribution in [0, 0.1) is 5.82 Å². The molecule has 0 saturated carbocycles. The molecule has 0 atom stereocenters.